The molecule has 0 saturated carbocycles. The van der Waals surface area contributed by atoms with E-state index in [-0.39, 0.29) is 11.7 Å². The topological polar surface area (TPSA) is 60.9 Å². The molecule has 4 nitrogen and oxygen atoms in total. The van der Waals surface area contributed by atoms with E-state index >= 15 is 0 Å². The van der Waals surface area contributed by atoms with Gasteiger partial charge in [-0.05, 0) is 12.3 Å². The Bertz CT molecular complexity index is 357. The number of Topliss-reactive ketones (excluding diaryl/α,β-unsaturated/α-hetero) is 1. The minimum Gasteiger partial charge on any atom is -0.335 e. The molecule has 0 saturated heterocycles. The van der Waals surface area contributed by atoms with Gasteiger partial charge in [-0.1, -0.05) is 20.8 Å². The summed E-state index contributed by atoms with van der Waals surface area (Å²) in [7, 11) is 0. The summed E-state index contributed by atoms with van der Waals surface area (Å²) in [5.41, 5.74) is 5.65. The highest BCUT2D eigenvalue weighted by atomic mass is 16.1. The van der Waals surface area contributed by atoms with Crippen LogP contribution in [0, 0.1) is 11.8 Å². The van der Waals surface area contributed by atoms with Crippen molar-refractivity contribution in [3.63, 3.8) is 0 Å². The monoisotopic (exact) mass is 237 g/mol. The van der Waals surface area contributed by atoms with Gasteiger partial charge in [0.25, 0.3) is 0 Å². The van der Waals surface area contributed by atoms with Crippen molar-refractivity contribution >= 4 is 5.78 Å². The zero-order chi connectivity index (χ0) is 12.8. The SMILES string of the molecule is CCCn1ccnc1CC(=O)C(CN)C(C)C. The van der Waals surface area contributed by atoms with Gasteiger partial charge in [-0.25, -0.2) is 4.98 Å². The molecule has 0 fully saturated rings. The van der Waals surface area contributed by atoms with E-state index in [1.807, 2.05) is 24.6 Å². The molecule has 0 bridgehead atoms. The summed E-state index contributed by atoms with van der Waals surface area (Å²) in [6, 6.07) is 0. The third-order valence-electron chi connectivity index (χ3n) is 3.07. The lowest BCUT2D eigenvalue weighted by molar-refractivity contribution is -0.123. The predicted octanol–water partition coefficient (Wildman–Crippen LogP) is 1.64. The zero-order valence-electron chi connectivity index (χ0n) is 11.0. The first-order chi connectivity index (χ1) is 8.10. The molecule has 0 spiro atoms. The van der Waals surface area contributed by atoms with Gasteiger partial charge in [-0.2, -0.15) is 0 Å². The molecule has 1 rings (SSSR count). The smallest absolute Gasteiger partial charge is 0.144 e. The molecule has 96 valence electrons. The lowest BCUT2D eigenvalue weighted by atomic mass is 9.90. The number of ketones is 1. The van der Waals surface area contributed by atoms with Crippen LogP contribution < -0.4 is 5.73 Å². The highest BCUT2D eigenvalue weighted by Gasteiger charge is 2.21. The number of imidazole rings is 1. The van der Waals surface area contributed by atoms with Crippen molar-refractivity contribution in [1.29, 1.82) is 0 Å². The lowest BCUT2D eigenvalue weighted by Gasteiger charge is -2.17. The molecule has 0 aliphatic carbocycles. The van der Waals surface area contributed by atoms with Gasteiger partial charge in [-0.15, -0.1) is 0 Å². The number of nitrogens with two attached hydrogens (primary N) is 1. The van der Waals surface area contributed by atoms with Gasteiger partial charge in [0, 0.05) is 31.4 Å². The molecule has 17 heavy (non-hydrogen) atoms. The van der Waals surface area contributed by atoms with Gasteiger partial charge in [0.1, 0.15) is 11.6 Å². The first-order valence-corrected chi connectivity index (χ1v) is 6.32. The Labute approximate surface area is 103 Å². The quantitative estimate of drug-likeness (QED) is 0.784. The van der Waals surface area contributed by atoms with Crippen molar-refractivity contribution in [3.05, 3.63) is 18.2 Å². The van der Waals surface area contributed by atoms with Gasteiger partial charge in [0.05, 0.1) is 6.42 Å². The number of carbonyl (C=O) groups excluding carboxylic acids is 1. The number of hydrogen-bond donors (Lipinski definition) is 1. The minimum absolute atomic E-state index is 0.0539. The van der Waals surface area contributed by atoms with Crippen LogP contribution in [0.25, 0.3) is 0 Å². The van der Waals surface area contributed by atoms with E-state index in [2.05, 4.69) is 11.9 Å². The fraction of sp³-hybridized carbons (Fsp3) is 0.692. The number of nitrogens with zero attached hydrogens (tertiary/aromatic N) is 2. The predicted molar refractivity (Wildman–Crippen MR) is 68.6 cm³/mol. The Morgan fingerprint density at radius 2 is 2.24 bits per heavy atom. The maximum Gasteiger partial charge on any atom is 0.144 e. The van der Waals surface area contributed by atoms with Crippen LogP contribution in [-0.2, 0) is 17.8 Å². The highest BCUT2D eigenvalue weighted by molar-refractivity contribution is 5.83. The van der Waals surface area contributed by atoms with E-state index in [0.29, 0.717) is 18.9 Å². The lowest BCUT2D eigenvalue weighted by Crippen LogP contribution is -2.30. The molecule has 0 radical (unpaired) electrons. The molecule has 4 heteroatoms. The number of carbonyl (C=O) groups is 1. The zero-order valence-corrected chi connectivity index (χ0v) is 11.0. The van der Waals surface area contributed by atoms with Crippen LogP contribution in [-0.4, -0.2) is 21.9 Å². The Hall–Kier alpha value is -1.16. The Kier molecular flexibility index (Phi) is 5.35. The summed E-state index contributed by atoms with van der Waals surface area (Å²) >= 11 is 0. The molecule has 0 aliphatic heterocycles. The van der Waals surface area contributed by atoms with Gasteiger partial charge in [-0.3, -0.25) is 4.79 Å². The molecule has 1 atom stereocenters. The average Bonchev–Trinajstić information content (AvgIpc) is 2.66. The van der Waals surface area contributed by atoms with Crippen molar-refractivity contribution in [1.82, 2.24) is 9.55 Å². The number of aryl methyl sites for hydroxylation is 1. The molecule has 0 aromatic carbocycles. The summed E-state index contributed by atoms with van der Waals surface area (Å²) in [5.74, 6) is 1.30. The second-order valence-corrected chi connectivity index (χ2v) is 4.77. The number of hydrogen-bond acceptors (Lipinski definition) is 3. The molecule has 1 aromatic rings. The molecule has 1 aromatic heterocycles. The molecule has 1 unspecified atom stereocenters. The van der Waals surface area contributed by atoms with E-state index in [1.165, 1.54) is 0 Å². The van der Waals surface area contributed by atoms with E-state index < -0.39 is 0 Å². The van der Waals surface area contributed by atoms with E-state index in [4.69, 9.17) is 5.73 Å². The molecule has 0 aliphatic rings. The van der Waals surface area contributed by atoms with Crippen LogP contribution in [0.1, 0.15) is 33.0 Å². The Balaban J connectivity index is 2.69. The number of aromatic nitrogens is 2. The summed E-state index contributed by atoms with van der Waals surface area (Å²) in [6.45, 7) is 7.52. The first-order valence-electron chi connectivity index (χ1n) is 6.32. The van der Waals surface area contributed by atoms with Crippen LogP contribution in [0.2, 0.25) is 0 Å². The molecule has 1 heterocycles. The van der Waals surface area contributed by atoms with Crippen molar-refractivity contribution in [2.75, 3.05) is 6.54 Å². The van der Waals surface area contributed by atoms with Crippen LogP contribution in [0.4, 0.5) is 0 Å². The van der Waals surface area contributed by atoms with Crippen LogP contribution in [0.3, 0.4) is 0 Å². The van der Waals surface area contributed by atoms with Gasteiger partial charge < -0.3 is 10.3 Å². The molecule has 2 N–H and O–H groups in total. The minimum atomic E-state index is -0.0539. The van der Waals surface area contributed by atoms with Gasteiger partial charge in [0.2, 0.25) is 0 Å². The second-order valence-electron chi connectivity index (χ2n) is 4.77. The largest absolute Gasteiger partial charge is 0.335 e. The summed E-state index contributed by atoms with van der Waals surface area (Å²) in [5, 5.41) is 0. The van der Waals surface area contributed by atoms with Crippen molar-refractivity contribution < 1.29 is 4.79 Å². The average molecular weight is 237 g/mol. The Morgan fingerprint density at radius 3 is 2.76 bits per heavy atom. The highest BCUT2D eigenvalue weighted by Crippen LogP contribution is 2.13. The van der Waals surface area contributed by atoms with Crippen LogP contribution >= 0.6 is 0 Å². The van der Waals surface area contributed by atoms with E-state index in [1.54, 1.807) is 6.20 Å². The molecular weight excluding hydrogens is 214 g/mol. The van der Waals surface area contributed by atoms with Crippen LogP contribution in [0.15, 0.2) is 12.4 Å². The second kappa shape index (κ2) is 6.55. The van der Waals surface area contributed by atoms with Crippen LogP contribution in [0.5, 0.6) is 0 Å². The van der Waals surface area contributed by atoms with Gasteiger partial charge >= 0.3 is 0 Å². The maximum atomic E-state index is 12.1. The van der Waals surface area contributed by atoms with E-state index in [9.17, 15) is 4.79 Å². The fourth-order valence-corrected chi connectivity index (χ4v) is 2.01. The Morgan fingerprint density at radius 1 is 1.53 bits per heavy atom. The third-order valence-corrected chi connectivity index (χ3v) is 3.07. The number of rotatable bonds is 7. The fourth-order valence-electron chi connectivity index (χ4n) is 2.01. The molecular formula is C13H23N3O. The maximum absolute atomic E-state index is 12.1. The summed E-state index contributed by atoms with van der Waals surface area (Å²) < 4.78 is 2.05. The summed E-state index contributed by atoms with van der Waals surface area (Å²) in [4.78, 5) is 16.4. The van der Waals surface area contributed by atoms with E-state index in [0.717, 1.165) is 18.8 Å². The van der Waals surface area contributed by atoms with Crippen molar-refractivity contribution in [2.24, 2.45) is 17.6 Å². The van der Waals surface area contributed by atoms with Crippen molar-refractivity contribution in [3.8, 4) is 0 Å². The van der Waals surface area contributed by atoms with Gasteiger partial charge in [0.15, 0.2) is 0 Å². The third kappa shape index (κ3) is 3.66. The summed E-state index contributed by atoms with van der Waals surface area (Å²) in [6.07, 6.45) is 5.12. The normalized spacial score (nSPS) is 13.0. The standard InChI is InChI=1S/C13H23N3O/c1-4-6-16-7-5-15-13(16)8-12(17)11(9-14)10(2)3/h5,7,10-11H,4,6,8-9,14H2,1-3H3. The molecule has 0 amide bonds. The van der Waals surface area contributed by atoms with Crippen molar-refractivity contribution in [2.45, 2.75) is 40.2 Å². The first kappa shape index (κ1) is 13.9.